The number of hydrogen-bond acceptors (Lipinski definition) is 3. The van der Waals surface area contributed by atoms with Crippen LogP contribution in [-0.2, 0) is 0 Å². The van der Waals surface area contributed by atoms with Crippen LogP contribution >= 0.6 is 0 Å². The van der Waals surface area contributed by atoms with Gasteiger partial charge in [0.15, 0.2) is 11.6 Å². The standard InChI is InChI=1S/C13H15F2N3/c1-17-4-6-18(7-5-17)13(9-16)10-2-3-11(14)12(15)8-10/h2-3,8,13H,4-7H2,1H3. The van der Waals surface area contributed by atoms with Crippen LogP contribution in [0.5, 0.6) is 0 Å². The number of rotatable bonds is 2. The van der Waals surface area contributed by atoms with Crippen LogP contribution < -0.4 is 0 Å². The van der Waals surface area contributed by atoms with E-state index in [4.69, 9.17) is 0 Å². The van der Waals surface area contributed by atoms with Gasteiger partial charge in [0, 0.05) is 26.2 Å². The van der Waals surface area contributed by atoms with Gasteiger partial charge in [-0.25, -0.2) is 8.78 Å². The monoisotopic (exact) mass is 251 g/mol. The van der Waals surface area contributed by atoms with Crippen LogP contribution in [0.4, 0.5) is 8.78 Å². The van der Waals surface area contributed by atoms with Gasteiger partial charge in [-0.3, -0.25) is 4.90 Å². The second-order valence-electron chi connectivity index (χ2n) is 4.54. The number of nitrogens with zero attached hydrogens (tertiary/aromatic N) is 3. The Morgan fingerprint density at radius 1 is 1.17 bits per heavy atom. The minimum Gasteiger partial charge on any atom is -0.304 e. The fourth-order valence-electron chi connectivity index (χ4n) is 2.13. The van der Waals surface area contributed by atoms with Crippen molar-refractivity contribution in [1.29, 1.82) is 5.26 Å². The third-order valence-corrected chi connectivity index (χ3v) is 3.28. The second kappa shape index (κ2) is 5.42. The molecule has 0 aromatic heterocycles. The molecule has 0 bridgehead atoms. The quantitative estimate of drug-likeness (QED) is 0.802. The van der Waals surface area contributed by atoms with E-state index < -0.39 is 17.7 Å². The molecule has 1 aliphatic heterocycles. The van der Waals surface area contributed by atoms with E-state index in [2.05, 4.69) is 11.0 Å². The van der Waals surface area contributed by atoms with Crippen LogP contribution in [-0.4, -0.2) is 43.0 Å². The van der Waals surface area contributed by atoms with Crippen molar-refractivity contribution < 1.29 is 8.78 Å². The highest BCUT2D eigenvalue weighted by Gasteiger charge is 2.24. The van der Waals surface area contributed by atoms with E-state index in [-0.39, 0.29) is 0 Å². The molecule has 2 rings (SSSR count). The maximum absolute atomic E-state index is 13.2. The molecule has 1 aliphatic rings. The van der Waals surface area contributed by atoms with Crippen LogP contribution in [0.1, 0.15) is 11.6 Å². The van der Waals surface area contributed by atoms with Crippen molar-refractivity contribution in [1.82, 2.24) is 9.80 Å². The van der Waals surface area contributed by atoms with Crippen LogP contribution in [0.3, 0.4) is 0 Å². The zero-order valence-electron chi connectivity index (χ0n) is 10.2. The van der Waals surface area contributed by atoms with Gasteiger partial charge in [-0.15, -0.1) is 0 Å². The number of piperazine rings is 1. The molecule has 0 aliphatic carbocycles. The molecule has 18 heavy (non-hydrogen) atoms. The molecule has 1 aromatic rings. The fourth-order valence-corrected chi connectivity index (χ4v) is 2.13. The molecule has 0 radical (unpaired) electrons. The Morgan fingerprint density at radius 3 is 2.39 bits per heavy atom. The van der Waals surface area contributed by atoms with E-state index in [1.165, 1.54) is 6.07 Å². The van der Waals surface area contributed by atoms with Crippen molar-refractivity contribution in [3.63, 3.8) is 0 Å². The molecular weight excluding hydrogens is 236 g/mol. The number of nitriles is 1. The molecular formula is C13H15F2N3. The minimum absolute atomic E-state index is 0.506. The summed E-state index contributed by atoms with van der Waals surface area (Å²) in [5.74, 6) is -1.78. The zero-order valence-corrected chi connectivity index (χ0v) is 10.2. The number of benzene rings is 1. The van der Waals surface area contributed by atoms with Crippen molar-refractivity contribution in [3.8, 4) is 6.07 Å². The molecule has 0 saturated carbocycles. The van der Waals surface area contributed by atoms with Gasteiger partial charge in [-0.2, -0.15) is 5.26 Å². The zero-order chi connectivity index (χ0) is 13.1. The molecule has 1 unspecified atom stereocenters. The summed E-state index contributed by atoms with van der Waals surface area (Å²) in [6.45, 7) is 3.27. The van der Waals surface area contributed by atoms with E-state index in [0.717, 1.165) is 38.3 Å². The van der Waals surface area contributed by atoms with E-state index >= 15 is 0 Å². The highest BCUT2D eigenvalue weighted by Crippen LogP contribution is 2.22. The lowest BCUT2D eigenvalue weighted by Crippen LogP contribution is -2.45. The van der Waals surface area contributed by atoms with Crippen molar-refractivity contribution in [3.05, 3.63) is 35.4 Å². The first-order valence-corrected chi connectivity index (χ1v) is 5.89. The topological polar surface area (TPSA) is 30.3 Å². The maximum Gasteiger partial charge on any atom is 0.159 e. The number of halogens is 2. The first kappa shape index (κ1) is 12.9. The third-order valence-electron chi connectivity index (χ3n) is 3.28. The van der Waals surface area contributed by atoms with Gasteiger partial charge in [-0.1, -0.05) is 6.07 Å². The largest absolute Gasteiger partial charge is 0.304 e. The smallest absolute Gasteiger partial charge is 0.159 e. The summed E-state index contributed by atoms with van der Waals surface area (Å²) < 4.78 is 26.1. The summed E-state index contributed by atoms with van der Waals surface area (Å²) in [7, 11) is 2.02. The lowest BCUT2D eigenvalue weighted by atomic mass is 10.1. The number of likely N-dealkylation sites (N-methyl/N-ethyl adjacent to an activating group) is 1. The van der Waals surface area contributed by atoms with Gasteiger partial charge < -0.3 is 4.90 Å². The third kappa shape index (κ3) is 2.66. The Hall–Kier alpha value is -1.51. The Kier molecular flexibility index (Phi) is 3.90. The van der Waals surface area contributed by atoms with Crippen molar-refractivity contribution in [2.75, 3.05) is 33.2 Å². The predicted octanol–water partition coefficient (Wildman–Crippen LogP) is 1.78. The molecule has 1 fully saturated rings. The molecule has 1 atom stereocenters. The van der Waals surface area contributed by atoms with Crippen LogP contribution in [0.25, 0.3) is 0 Å². The Balaban J connectivity index is 2.18. The van der Waals surface area contributed by atoms with Crippen molar-refractivity contribution >= 4 is 0 Å². The molecule has 0 spiro atoms. The normalized spacial score (nSPS) is 19.4. The van der Waals surface area contributed by atoms with E-state index in [1.807, 2.05) is 11.9 Å². The van der Waals surface area contributed by atoms with Gasteiger partial charge in [0.2, 0.25) is 0 Å². The maximum atomic E-state index is 13.2. The lowest BCUT2D eigenvalue weighted by molar-refractivity contribution is 0.132. The second-order valence-corrected chi connectivity index (χ2v) is 4.54. The molecule has 1 heterocycles. The Morgan fingerprint density at radius 2 is 1.83 bits per heavy atom. The molecule has 1 aromatic carbocycles. The summed E-state index contributed by atoms with van der Waals surface area (Å²) in [6, 6.07) is 5.33. The molecule has 5 heteroatoms. The Labute approximate surface area is 105 Å². The van der Waals surface area contributed by atoms with Gasteiger partial charge in [-0.05, 0) is 24.7 Å². The van der Waals surface area contributed by atoms with E-state index in [9.17, 15) is 14.0 Å². The predicted molar refractivity (Wildman–Crippen MR) is 63.8 cm³/mol. The first-order valence-electron chi connectivity index (χ1n) is 5.89. The minimum atomic E-state index is -0.901. The van der Waals surface area contributed by atoms with Crippen LogP contribution in [0, 0.1) is 23.0 Å². The Bertz CT molecular complexity index is 462. The molecule has 0 N–H and O–H groups in total. The average molecular weight is 251 g/mol. The van der Waals surface area contributed by atoms with Gasteiger partial charge in [0.1, 0.15) is 6.04 Å². The SMILES string of the molecule is CN1CCN(C(C#N)c2ccc(F)c(F)c2)CC1. The highest BCUT2D eigenvalue weighted by molar-refractivity contribution is 5.26. The van der Waals surface area contributed by atoms with Crippen molar-refractivity contribution in [2.45, 2.75) is 6.04 Å². The van der Waals surface area contributed by atoms with Crippen LogP contribution in [0.15, 0.2) is 18.2 Å². The molecule has 3 nitrogen and oxygen atoms in total. The van der Waals surface area contributed by atoms with E-state index in [1.54, 1.807) is 0 Å². The average Bonchev–Trinajstić information content (AvgIpc) is 2.37. The van der Waals surface area contributed by atoms with Gasteiger partial charge >= 0.3 is 0 Å². The van der Waals surface area contributed by atoms with Crippen molar-refractivity contribution in [2.24, 2.45) is 0 Å². The molecule has 1 saturated heterocycles. The number of hydrogen-bond donors (Lipinski definition) is 0. The fraction of sp³-hybridized carbons (Fsp3) is 0.462. The lowest BCUT2D eigenvalue weighted by Gasteiger charge is -2.35. The molecule has 96 valence electrons. The highest BCUT2D eigenvalue weighted by atomic mass is 19.2. The van der Waals surface area contributed by atoms with E-state index in [0.29, 0.717) is 5.56 Å². The first-order chi connectivity index (χ1) is 8.61. The summed E-state index contributed by atoms with van der Waals surface area (Å²) >= 11 is 0. The summed E-state index contributed by atoms with van der Waals surface area (Å²) in [4.78, 5) is 4.17. The molecule has 0 amide bonds. The van der Waals surface area contributed by atoms with Crippen LogP contribution in [0.2, 0.25) is 0 Å². The van der Waals surface area contributed by atoms with Gasteiger partial charge in [0.05, 0.1) is 6.07 Å². The summed E-state index contributed by atoms with van der Waals surface area (Å²) in [5, 5.41) is 9.24. The van der Waals surface area contributed by atoms with Gasteiger partial charge in [0.25, 0.3) is 0 Å². The summed E-state index contributed by atoms with van der Waals surface area (Å²) in [5.41, 5.74) is 0.515. The summed E-state index contributed by atoms with van der Waals surface area (Å²) in [6.07, 6.45) is 0.